The molecule has 0 unspecified atom stereocenters. The van der Waals surface area contributed by atoms with E-state index in [4.69, 9.17) is 9.47 Å². The Morgan fingerprint density at radius 3 is 2.03 bits per heavy atom. The van der Waals surface area contributed by atoms with Crippen LogP contribution in [0.25, 0.3) is 5.57 Å². The summed E-state index contributed by atoms with van der Waals surface area (Å²) in [5.41, 5.74) is 1.72. The molecule has 1 heterocycles. The van der Waals surface area contributed by atoms with Crippen LogP contribution in [0.5, 0.6) is 0 Å². The number of amides is 2. The minimum Gasteiger partial charge on any atom is -0.383 e. The second-order valence-electron chi connectivity index (χ2n) is 7.59. The van der Waals surface area contributed by atoms with Crippen molar-refractivity contribution in [3.8, 4) is 0 Å². The summed E-state index contributed by atoms with van der Waals surface area (Å²) >= 11 is 0. The molecule has 0 fully saturated rings. The summed E-state index contributed by atoms with van der Waals surface area (Å²) in [6.07, 6.45) is 6.66. The van der Waals surface area contributed by atoms with Crippen molar-refractivity contribution in [2.75, 3.05) is 47.1 Å². The van der Waals surface area contributed by atoms with E-state index in [-0.39, 0.29) is 11.8 Å². The van der Waals surface area contributed by atoms with E-state index < -0.39 is 0 Å². The molecule has 2 amide bonds. The van der Waals surface area contributed by atoms with Crippen molar-refractivity contribution in [1.82, 2.24) is 9.80 Å². The Morgan fingerprint density at radius 2 is 1.43 bits per heavy atom. The van der Waals surface area contributed by atoms with Crippen LogP contribution < -0.4 is 0 Å². The minimum atomic E-state index is -0.209. The van der Waals surface area contributed by atoms with Crippen molar-refractivity contribution >= 4 is 17.4 Å². The molecule has 0 bridgehead atoms. The van der Waals surface area contributed by atoms with Crippen LogP contribution in [0, 0.1) is 0 Å². The summed E-state index contributed by atoms with van der Waals surface area (Å²) in [5.74, 6) is -0.408. The van der Waals surface area contributed by atoms with E-state index in [2.05, 4.69) is 6.92 Å². The van der Waals surface area contributed by atoms with Gasteiger partial charge in [0.2, 0.25) is 0 Å². The quantitative estimate of drug-likeness (QED) is 0.322. The van der Waals surface area contributed by atoms with Gasteiger partial charge in [-0.1, -0.05) is 69.4 Å². The lowest BCUT2D eigenvalue weighted by molar-refractivity contribution is -0.137. The maximum absolute atomic E-state index is 13.4. The highest BCUT2D eigenvalue weighted by atomic mass is 16.5. The molecule has 1 aliphatic heterocycles. The first-order chi connectivity index (χ1) is 14.7. The summed E-state index contributed by atoms with van der Waals surface area (Å²) in [4.78, 5) is 30.0. The molecule has 0 aliphatic carbocycles. The summed E-state index contributed by atoms with van der Waals surface area (Å²) in [6, 6.07) is 9.47. The summed E-state index contributed by atoms with van der Waals surface area (Å²) in [5, 5.41) is 0. The van der Waals surface area contributed by atoms with Gasteiger partial charge in [0.25, 0.3) is 11.8 Å². The van der Waals surface area contributed by atoms with Gasteiger partial charge < -0.3 is 14.4 Å². The molecule has 6 heteroatoms. The van der Waals surface area contributed by atoms with Gasteiger partial charge in [-0.25, -0.2) is 0 Å². The molecular weight excluding hydrogens is 380 g/mol. The third kappa shape index (κ3) is 6.41. The monoisotopic (exact) mass is 416 g/mol. The molecule has 0 atom stereocenters. The lowest BCUT2D eigenvalue weighted by Crippen LogP contribution is -2.38. The van der Waals surface area contributed by atoms with Gasteiger partial charge in [0.1, 0.15) is 5.70 Å². The fraction of sp³-hybridized carbons (Fsp3) is 0.583. The van der Waals surface area contributed by atoms with Crippen LogP contribution in [0.4, 0.5) is 0 Å². The lowest BCUT2D eigenvalue weighted by atomic mass is 10.0. The van der Waals surface area contributed by atoms with Gasteiger partial charge in [-0.2, -0.15) is 0 Å². The van der Waals surface area contributed by atoms with Crippen LogP contribution in [0.1, 0.15) is 51.0 Å². The molecule has 0 saturated carbocycles. The van der Waals surface area contributed by atoms with Gasteiger partial charge in [0.15, 0.2) is 0 Å². The zero-order valence-corrected chi connectivity index (χ0v) is 18.7. The van der Waals surface area contributed by atoms with E-state index >= 15 is 0 Å². The van der Waals surface area contributed by atoms with Crippen molar-refractivity contribution < 1.29 is 19.1 Å². The van der Waals surface area contributed by atoms with E-state index in [9.17, 15) is 9.59 Å². The maximum atomic E-state index is 13.4. The van der Waals surface area contributed by atoms with Crippen LogP contribution in [0.2, 0.25) is 0 Å². The van der Waals surface area contributed by atoms with E-state index in [1.807, 2.05) is 35.2 Å². The fourth-order valence-corrected chi connectivity index (χ4v) is 3.71. The average Bonchev–Trinajstić information content (AvgIpc) is 3.01. The minimum absolute atomic E-state index is 0.199. The van der Waals surface area contributed by atoms with E-state index in [1.165, 1.54) is 24.2 Å². The summed E-state index contributed by atoms with van der Waals surface area (Å²) in [7, 11) is 3.26. The first kappa shape index (κ1) is 24.1. The number of ether oxygens (including phenoxy) is 2. The first-order valence-corrected chi connectivity index (χ1v) is 11.0. The number of hydrogen-bond acceptors (Lipinski definition) is 5. The Bertz CT molecular complexity index is 694. The van der Waals surface area contributed by atoms with Gasteiger partial charge >= 0.3 is 0 Å². The van der Waals surface area contributed by atoms with E-state index in [0.29, 0.717) is 44.1 Å². The smallest absolute Gasteiger partial charge is 0.277 e. The number of rotatable bonds is 15. The topological polar surface area (TPSA) is 59.1 Å². The highest BCUT2D eigenvalue weighted by molar-refractivity contribution is 6.35. The Hall–Kier alpha value is -2.18. The van der Waals surface area contributed by atoms with Crippen LogP contribution in [-0.4, -0.2) is 68.7 Å². The Balaban J connectivity index is 2.24. The van der Waals surface area contributed by atoms with Gasteiger partial charge in [-0.3, -0.25) is 14.5 Å². The van der Waals surface area contributed by atoms with Crippen molar-refractivity contribution in [2.24, 2.45) is 0 Å². The molecular formula is C24H36N2O4. The molecule has 166 valence electrons. The average molecular weight is 417 g/mol. The number of unbranched alkanes of at least 4 members (excludes halogenated alkanes) is 5. The second-order valence-corrected chi connectivity index (χ2v) is 7.59. The predicted molar refractivity (Wildman–Crippen MR) is 119 cm³/mol. The second kappa shape index (κ2) is 13.2. The molecule has 1 aromatic rings. The fourth-order valence-electron chi connectivity index (χ4n) is 3.71. The Kier molecular flexibility index (Phi) is 10.6. The first-order valence-electron chi connectivity index (χ1n) is 11.0. The van der Waals surface area contributed by atoms with Crippen molar-refractivity contribution in [2.45, 2.75) is 45.4 Å². The van der Waals surface area contributed by atoms with Crippen molar-refractivity contribution in [3.63, 3.8) is 0 Å². The zero-order chi connectivity index (χ0) is 21.8. The SMILES string of the molecule is CCCCCCCCN1C(=O)C(c2ccccc2)=C(N(CCOC)CCOC)C1=O. The molecule has 30 heavy (non-hydrogen) atoms. The van der Waals surface area contributed by atoms with Gasteiger partial charge in [-0.15, -0.1) is 0 Å². The standard InChI is InChI=1S/C24H36N2O4/c1-4-5-6-7-8-12-15-26-23(27)21(20-13-10-9-11-14-20)22(24(26)28)25(16-18-29-2)17-19-30-3/h9-11,13-14H,4-8,12,15-19H2,1-3H3. The van der Waals surface area contributed by atoms with Crippen LogP contribution >= 0.6 is 0 Å². The number of benzene rings is 1. The molecule has 6 nitrogen and oxygen atoms in total. The lowest BCUT2D eigenvalue weighted by Gasteiger charge is -2.25. The molecule has 0 saturated heterocycles. The number of nitrogens with zero attached hydrogens (tertiary/aromatic N) is 2. The summed E-state index contributed by atoms with van der Waals surface area (Å²) < 4.78 is 10.5. The Labute approximate surface area is 180 Å². The molecule has 1 aliphatic rings. The number of carbonyl (C=O) groups is 2. The third-order valence-corrected chi connectivity index (χ3v) is 5.39. The largest absolute Gasteiger partial charge is 0.383 e. The molecule has 0 N–H and O–H groups in total. The summed E-state index contributed by atoms with van der Waals surface area (Å²) in [6.45, 7) is 4.64. The van der Waals surface area contributed by atoms with E-state index in [0.717, 1.165) is 24.8 Å². The number of carbonyl (C=O) groups excluding carboxylic acids is 2. The van der Waals surface area contributed by atoms with Crippen molar-refractivity contribution in [1.29, 1.82) is 0 Å². The molecule has 0 radical (unpaired) electrons. The van der Waals surface area contributed by atoms with Crippen molar-refractivity contribution in [3.05, 3.63) is 41.6 Å². The van der Waals surface area contributed by atoms with Crippen LogP contribution in [0.3, 0.4) is 0 Å². The van der Waals surface area contributed by atoms with E-state index in [1.54, 1.807) is 14.2 Å². The molecule has 0 aromatic heterocycles. The number of imide groups is 1. The van der Waals surface area contributed by atoms with Gasteiger partial charge in [0, 0.05) is 33.9 Å². The Morgan fingerprint density at radius 1 is 0.833 bits per heavy atom. The predicted octanol–water partition coefficient (Wildman–Crippen LogP) is 3.72. The zero-order valence-electron chi connectivity index (χ0n) is 18.7. The molecule has 0 spiro atoms. The maximum Gasteiger partial charge on any atom is 0.277 e. The normalized spacial score (nSPS) is 14.2. The van der Waals surface area contributed by atoms with Gasteiger partial charge in [0.05, 0.1) is 18.8 Å². The molecule has 1 aromatic carbocycles. The highest BCUT2D eigenvalue weighted by Gasteiger charge is 2.41. The number of hydrogen-bond donors (Lipinski definition) is 0. The third-order valence-electron chi connectivity index (χ3n) is 5.39. The highest BCUT2D eigenvalue weighted by Crippen LogP contribution is 2.31. The van der Waals surface area contributed by atoms with Gasteiger partial charge in [-0.05, 0) is 12.0 Å². The number of methoxy groups -OCH3 is 2. The molecule has 2 rings (SSSR count). The van der Waals surface area contributed by atoms with Crippen LogP contribution in [0.15, 0.2) is 36.0 Å². The van der Waals surface area contributed by atoms with Crippen LogP contribution in [-0.2, 0) is 19.1 Å².